The molecule has 3 rings (SSSR count). The fourth-order valence-corrected chi connectivity index (χ4v) is 4.97. The van der Waals surface area contributed by atoms with Gasteiger partial charge in [-0.25, -0.2) is 13.4 Å². The van der Waals surface area contributed by atoms with Gasteiger partial charge in [0.15, 0.2) is 10.8 Å². The quantitative estimate of drug-likeness (QED) is 0.760. The van der Waals surface area contributed by atoms with Gasteiger partial charge in [-0.3, -0.25) is 9.69 Å². The molecule has 1 amide bonds. The van der Waals surface area contributed by atoms with Crippen LogP contribution >= 0.6 is 11.3 Å². The largest absolute Gasteiger partial charge is 0.434 e. The molecule has 0 saturated carbocycles. The highest BCUT2D eigenvalue weighted by Crippen LogP contribution is 2.31. The van der Waals surface area contributed by atoms with Crippen LogP contribution < -0.4 is 5.32 Å². The Labute approximate surface area is 170 Å². The molecule has 158 valence electrons. The number of piperazine rings is 1. The summed E-state index contributed by atoms with van der Waals surface area (Å²) in [6, 6.07) is 6.59. The fraction of sp³-hybridized carbons (Fsp3) is 0.412. The zero-order valence-corrected chi connectivity index (χ0v) is 17.1. The summed E-state index contributed by atoms with van der Waals surface area (Å²) >= 11 is 0.700. The summed E-state index contributed by atoms with van der Waals surface area (Å²) in [5, 5.41) is 3.06. The Kier molecular flexibility index (Phi) is 6.27. The molecular weight excluding hydrogens is 429 g/mol. The maximum absolute atomic E-state index is 12.7. The number of halogens is 3. The third-order valence-electron chi connectivity index (χ3n) is 4.40. The van der Waals surface area contributed by atoms with Gasteiger partial charge in [0.05, 0.1) is 11.4 Å². The number of nitrogens with zero attached hydrogens (tertiary/aromatic N) is 3. The van der Waals surface area contributed by atoms with Crippen LogP contribution in [0.4, 0.5) is 18.3 Å². The molecule has 0 unspecified atom stereocenters. The lowest BCUT2D eigenvalue weighted by molar-refractivity contribution is -0.140. The molecule has 0 atom stereocenters. The fourth-order valence-electron chi connectivity index (χ4n) is 2.81. The number of thiazole rings is 1. The topological polar surface area (TPSA) is 82.6 Å². The molecule has 1 aromatic heterocycles. The zero-order valence-electron chi connectivity index (χ0n) is 15.4. The second-order valence-electron chi connectivity index (χ2n) is 6.58. The molecule has 1 N–H and O–H groups in total. The van der Waals surface area contributed by atoms with Crippen molar-refractivity contribution in [1.82, 2.24) is 14.2 Å². The number of nitrogens with one attached hydrogen (secondary N) is 1. The summed E-state index contributed by atoms with van der Waals surface area (Å²) in [5.41, 5.74) is -0.0879. The van der Waals surface area contributed by atoms with Crippen molar-refractivity contribution in [2.75, 3.05) is 38.0 Å². The van der Waals surface area contributed by atoms with Crippen molar-refractivity contribution in [1.29, 1.82) is 0 Å². The molecular formula is C17H19F3N4O3S2. The van der Waals surface area contributed by atoms with Gasteiger partial charge in [0, 0.05) is 31.6 Å². The number of carbonyl (C=O) groups excluding carboxylic acids is 1. The highest BCUT2D eigenvalue weighted by atomic mass is 32.2. The SMILES string of the molecule is Cc1ccc(S(=O)(=O)N2CCN(CC(=O)Nc3nc(C(F)(F)F)cs3)CC2)cc1. The van der Waals surface area contributed by atoms with Crippen molar-refractivity contribution in [3.05, 3.63) is 40.9 Å². The van der Waals surface area contributed by atoms with Crippen molar-refractivity contribution >= 4 is 32.4 Å². The highest BCUT2D eigenvalue weighted by molar-refractivity contribution is 7.89. The van der Waals surface area contributed by atoms with Gasteiger partial charge in [-0.15, -0.1) is 11.3 Å². The second-order valence-corrected chi connectivity index (χ2v) is 9.37. The van der Waals surface area contributed by atoms with Gasteiger partial charge in [0.25, 0.3) is 0 Å². The molecule has 1 aromatic carbocycles. The number of sulfonamides is 1. The minimum Gasteiger partial charge on any atom is -0.301 e. The molecule has 1 fully saturated rings. The van der Waals surface area contributed by atoms with E-state index in [1.165, 1.54) is 4.31 Å². The Balaban J connectivity index is 1.52. The molecule has 2 heterocycles. The predicted octanol–water partition coefficient (Wildman–Crippen LogP) is 2.42. The smallest absolute Gasteiger partial charge is 0.301 e. The summed E-state index contributed by atoms with van der Waals surface area (Å²) in [5.74, 6) is -0.497. The number of aromatic nitrogens is 1. The van der Waals surface area contributed by atoms with Crippen molar-refractivity contribution in [3.8, 4) is 0 Å². The molecule has 1 aliphatic heterocycles. The van der Waals surface area contributed by atoms with Crippen LogP contribution in [0.15, 0.2) is 34.5 Å². The zero-order chi connectivity index (χ0) is 21.2. The maximum atomic E-state index is 12.7. The lowest BCUT2D eigenvalue weighted by atomic mass is 10.2. The van der Waals surface area contributed by atoms with Crippen LogP contribution in [-0.2, 0) is 21.0 Å². The Bertz CT molecular complexity index is 967. The molecule has 2 aromatic rings. The second kappa shape index (κ2) is 8.38. The number of alkyl halides is 3. The van der Waals surface area contributed by atoms with E-state index in [-0.39, 0.29) is 29.7 Å². The number of hydrogen-bond acceptors (Lipinski definition) is 6. The molecule has 7 nitrogen and oxygen atoms in total. The van der Waals surface area contributed by atoms with E-state index in [4.69, 9.17) is 0 Å². The van der Waals surface area contributed by atoms with Gasteiger partial charge in [-0.1, -0.05) is 17.7 Å². The normalized spacial score (nSPS) is 16.7. The van der Waals surface area contributed by atoms with Crippen LogP contribution in [0.2, 0.25) is 0 Å². The summed E-state index contributed by atoms with van der Waals surface area (Å²) in [6.45, 7) is 2.93. The van der Waals surface area contributed by atoms with Crippen LogP contribution in [0, 0.1) is 6.92 Å². The van der Waals surface area contributed by atoms with Crippen LogP contribution in [0.1, 0.15) is 11.3 Å². The van der Waals surface area contributed by atoms with Gasteiger partial charge < -0.3 is 5.32 Å². The average molecular weight is 448 g/mol. The third-order valence-corrected chi connectivity index (χ3v) is 7.07. The Morgan fingerprint density at radius 3 is 2.34 bits per heavy atom. The first-order valence-corrected chi connectivity index (χ1v) is 11.0. The lowest BCUT2D eigenvalue weighted by Crippen LogP contribution is -2.50. The van der Waals surface area contributed by atoms with E-state index in [0.717, 1.165) is 10.9 Å². The summed E-state index contributed by atoms with van der Waals surface area (Å²) in [7, 11) is -3.60. The monoisotopic (exact) mass is 448 g/mol. The number of hydrogen-bond donors (Lipinski definition) is 1. The number of aryl methyl sites for hydroxylation is 1. The van der Waals surface area contributed by atoms with E-state index in [1.807, 2.05) is 6.92 Å². The van der Waals surface area contributed by atoms with Crippen LogP contribution in [0.3, 0.4) is 0 Å². The first-order valence-electron chi connectivity index (χ1n) is 8.67. The number of benzene rings is 1. The van der Waals surface area contributed by atoms with E-state index < -0.39 is 27.8 Å². The summed E-state index contributed by atoms with van der Waals surface area (Å²) in [4.78, 5) is 17.4. The number of rotatable bonds is 5. The third kappa shape index (κ3) is 5.32. The van der Waals surface area contributed by atoms with E-state index in [2.05, 4.69) is 10.3 Å². The van der Waals surface area contributed by atoms with Gasteiger partial charge >= 0.3 is 6.18 Å². The number of amides is 1. The van der Waals surface area contributed by atoms with Gasteiger partial charge in [0.1, 0.15) is 0 Å². The van der Waals surface area contributed by atoms with Crippen molar-refractivity contribution in [2.45, 2.75) is 18.0 Å². The van der Waals surface area contributed by atoms with E-state index >= 15 is 0 Å². The summed E-state index contributed by atoms with van der Waals surface area (Å²) in [6.07, 6.45) is -4.56. The van der Waals surface area contributed by atoms with Crippen molar-refractivity contribution in [3.63, 3.8) is 0 Å². The van der Waals surface area contributed by atoms with Crippen molar-refractivity contribution < 1.29 is 26.4 Å². The van der Waals surface area contributed by atoms with Crippen molar-refractivity contribution in [2.24, 2.45) is 0 Å². The Hall–Kier alpha value is -2.02. The lowest BCUT2D eigenvalue weighted by Gasteiger charge is -2.33. The van der Waals surface area contributed by atoms with Gasteiger partial charge in [0.2, 0.25) is 15.9 Å². The average Bonchev–Trinajstić information content (AvgIpc) is 3.11. The molecule has 0 aliphatic carbocycles. The number of anilines is 1. The number of carbonyl (C=O) groups is 1. The summed E-state index contributed by atoms with van der Waals surface area (Å²) < 4.78 is 64.4. The Morgan fingerprint density at radius 1 is 1.17 bits per heavy atom. The highest BCUT2D eigenvalue weighted by Gasteiger charge is 2.34. The van der Waals surface area contributed by atoms with E-state index in [9.17, 15) is 26.4 Å². The Morgan fingerprint density at radius 2 is 1.79 bits per heavy atom. The molecule has 1 aliphatic rings. The molecule has 0 spiro atoms. The minimum absolute atomic E-state index is 0.0562. The molecule has 1 saturated heterocycles. The predicted molar refractivity (Wildman–Crippen MR) is 102 cm³/mol. The van der Waals surface area contributed by atoms with Crippen LogP contribution in [-0.4, -0.2) is 61.2 Å². The standard InChI is InChI=1S/C17H19F3N4O3S2/c1-12-2-4-13(5-3-12)29(26,27)24-8-6-23(7-9-24)10-15(25)22-16-21-14(11-28-16)17(18,19)20/h2-5,11H,6-10H2,1H3,(H,21,22,25). The minimum atomic E-state index is -4.56. The first kappa shape index (κ1) is 21.7. The van der Waals surface area contributed by atoms with Crippen LogP contribution in [0.5, 0.6) is 0 Å². The molecule has 29 heavy (non-hydrogen) atoms. The molecule has 0 radical (unpaired) electrons. The van der Waals surface area contributed by atoms with E-state index in [0.29, 0.717) is 24.4 Å². The van der Waals surface area contributed by atoms with Gasteiger partial charge in [-0.2, -0.15) is 17.5 Å². The van der Waals surface area contributed by atoms with Crippen LogP contribution in [0.25, 0.3) is 0 Å². The first-order chi connectivity index (χ1) is 13.6. The molecule has 12 heteroatoms. The van der Waals surface area contributed by atoms with E-state index in [1.54, 1.807) is 29.2 Å². The van der Waals surface area contributed by atoms with Gasteiger partial charge in [-0.05, 0) is 19.1 Å². The molecule has 0 bridgehead atoms. The maximum Gasteiger partial charge on any atom is 0.434 e.